The molecule has 0 saturated carbocycles. The third-order valence-electron chi connectivity index (χ3n) is 3.28. The van der Waals surface area contributed by atoms with Crippen LogP contribution in [-0.4, -0.2) is 40.0 Å². The summed E-state index contributed by atoms with van der Waals surface area (Å²) in [6.07, 6.45) is 4.61. The van der Waals surface area contributed by atoms with Crippen LogP contribution in [-0.2, 0) is 0 Å². The fourth-order valence-electron chi connectivity index (χ4n) is 1.88. The first kappa shape index (κ1) is 21.8. The summed E-state index contributed by atoms with van der Waals surface area (Å²) in [5.41, 5.74) is 0.467. The molecule has 1 aromatic carbocycles. The first-order valence-corrected chi connectivity index (χ1v) is 6.75. The van der Waals surface area contributed by atoms with Crippen LogP contribution in [0.2, 0.25) is 0 Å². The summed E-state index contributed by atoms with van der Waals surface area (Å²) in [6.45, 7) is 2.36. The lowest BCUT2D eigenvalue weighted by atomic mass is 10.1. The van der Waals surface area contributed by atoms with Gasteiger partial charge in [-0.05, 0) is 26.1 Å². The fourth-order valence-corrected chi connectivity index (χ4v) is 1.88. The van der Waals surface area contributed by atoms with Crippen LogP contribution in [0, 0.1) is 10.1 Å². The lowest BCUT2D eigenvalue weighted by molar-refractivity contribution is -0.384. The highest BCUT2D eigenvalue weighted by Gasteiger charge is 2.18. The van der Waals surface area contributed by atoms with E-state index in [4.69, 9.17) is 0 Å². The number of hydrogen-bond donors (Lipinski definition) is 2. The van der Waals surface area contributed by atoms with E-state index in [9.17, 15) is 14.9 Å². The van der Waals surface area contributed by atoms with Crippen molar-refractivity contribution in [2.75, 3.05) is 13.6 Å². The van der Waals surface area contributed by atoms with Crippen LogP contribution < -0.4 is 10.6 Å². The van der Waals surface area contributed by atoms with Gasteiger partial charge in [0.05, 0.1) is 11.3 Å². The van der Waals surface area contributed by atoms with Gasteiger partial charge >= 0.3 is 0 Å². The summed E-state index contributed by atoms with van der Waals surface area (Å²) in [6, 6.07) is 4.48. The van der Waals surface area contributed by atoms with Crippen LogP contribution in [0.5, 0.6) is 0 Å². The maximum atomic E-state index is 12.1. The van der Waals surface area contributed by atoms with E-state index in [1.54, 1.807) is 19.3 Å². The van der Waals surface area contributed by atoms with Gasteiger partial charge in [-0.2, -0.15) is 0 Å². The van der Waals surface area contributed by atoms with Crippen LogP contribution in [0.25, 0.3) is 5.69 Å². The molecule has 10 heteroatoms. The number of carbonyl (C=O) groups is 1. The molecule has 0 aliphatic heterocycles. The Balaban J connectivity index is 0.00000264. The number of nitrogens with zero attached hydrogens (tertiary/aromatic N) is 3. The molecular weight excluding hydrogens is 357 g/mol. The number of amides is 1. The van der Waals surface area contributed by atoms with E-state index in [0.29, 0.717) is 12.2 Å². The summed E-state index contributed by atoms with van der Waals surface area (Å²) in [7, 11) is 1.79. The molecule has 0 aliphatic carbocycles. The largest absolute Gasteiger partial charge is 0.350 e. The van der Waals surface area contributed by atoms with E-state index in [-0.39, 0.29) is 48.0 Å². The second-order valence-corrected chi connectivity index (χ2v) is 4.83. The predicted molar refractivity (Wildman–Crippen MR) is 95.6 cm³/mol. The van der Waals surface area contributed by atoms with Gasteiger partial charge in [0.1, 0.15) is 5.69 Å². The van der Waals surface area contributed by atoms with Gasteiger partial charge in [0.2, 0.25) is 0 Å². The third-order valence-corrected chi connectivity index (χ3v) is 3.28. The average Bonchev–Trinajstić information content (AvgIpc) is 3.05. The minimum atomic E-state index is -0.512. The van der Waals surface area contributed by atoms with Crippen LogP contribution in [0.4, 0.5) is 5.69 Å². The number of carbonyl (C=O) groups excluding carboxylic acids is 1. The van der Waals surface area contributed by atoms with E-state index in [2.05, 4.69) is 15.6 Å². The molecule has 0 saturated heterocycles. The summed E-state index contributed by atoms with van der Waals surface area (Å²) in [4.78, 5) is 26.6. The Morgan fingerprint density at radius 1 is 1.42 bits per heavy atom. The molecule has 2 rings (SSSR count). The number of likely N-dealkylation sites (N-methyl/N-ethyl adjacent to an activating group) is 1. The molecule has 8 nitrogen and oxygen atoms in total. The Bertz CT molecular complexity index is 679. The molecule has 24 heavy (non-hydrogen) atoms. The van der Waals surface area contributed by atoms with E-state index >= 15 is 0 Å². The summed E-state index contributed by atoms with van der Waals surface area (Å²) < 4.78 is 1.53. The molecule has 132 valence electrons. The van der Waals surface area contributed by atoms with Crippen LogP contribution in [0.1, 0.15) is 17.3 Å². The smallest absolute Gasteiger partial charge is 0.294 e. The molecule has 0 radical (unpaired) electrons. The van der Waals surface area contributed by atoms with Crippen molar-refractivity contribution in [2.45, 2.75) is 13.0 Å². The minimum absolute atomic E-state index is 0. The molecular formula is C14H19Cl2N5O3. The van der Waals surface area contributed by atoms with Crippen LogP contribution in [0.3, 0.4) is 0 Å². The zero-order valence-electron chi connectivity index (χ0n) is 13.1. The molecule has 1 aromatic heterocycles. The first-order chi connectivity index (χ1) is 10.5. The van der Waals surface area contributed by atoms with Gasteiger partial charge in [-0.25, -0.2) is 4.98 Å². The van der Waals surface area contributed by atoms with Gasteiger partial charge in [-0.1, -0.05) is 0 Å². The maximum absolute atomic E-state index is 12.1. The normalized spacial score (nSPS) is 10.9. The molecule has 1 amide bonds. The van der Waals surface area contributed by atoms with Gasteiger partial charge < -0.3 is 15.2 Å². The van der Waals surface area contributed by atoms with E-state index in [1.807, 2.05) is 6.92 Å². The Morgan fingerprint density at radius 2 is 2.12 bits per heavy atom. The molecule has 1 unspecified atom stereocenters. The van der Waals surface area contributed by atoms with Crippen molar-refractivity contribution in [1.29, 1.82) is 0 Å². The molecule has 2 aromatic rings. The van der Waals surface area contributed by atoms with Crippen molar-refractivity contribution < 1.29 is 9.72 Å². The van der Waals surface area contributed by atoms with Gasteiger partial charge in [0.25, 0.3) is 11.6 Å². The lowest BCUT2D eigenvalue weighted by Gasteiger charge is -2.12. The molecule has 1 heterocycles. The predicted octanol–water partition coefficient (Wildman–Crippen LogP) is 1.96. The summed E-state index contributed by atoms with van der Waals surface area (Å²) in [5, 5.41) is 17.0. The van der Waals surface area contributed by atoms with Gasteiger partial charge in [-0.15, -0.1) is 24.8 Å². The van der Waals surface area contributed by atoms with Crippen molar-refractivity contribution in [3.05, 3.63) is 52.6 Å². The Hall–Kier alpha value is -2.16. The number of aromatic nitrogens is 2. The van der Waals surface area contributed by atoms with Crippen molar-refractivity contribution in [3.8, 4) is 5.69 Å². The standard InChI is InChI=1S/C14H17N5O3.2ClH/c1-10(15-2)8-17-14(20)11-3-4-12(13(7-11)19(21)22)18-6-5-16-9-18;;/h3-7,9-10,15H,8H2,1-2H3,(H,17,20);2*1H. The van der Waals surface area contributed by atoms with E-state index in [0.717, 1.165) is 0 Å². The maximum Gasteiger partial charge on any atom is 0.294 e. The highest BCUT2D eigenvalue weighted by atomic mass is 35.5. The average molecular weight is 376 g/mol. The summed E-state index contributed by atoms with van der Waals surface area (Å²) in [5.74, 6) is -0.345. The molecule has 0 fully saturated rings. The van der Waals surface area contributed by atoms with Crippen LogP contribution in [0.15, 0.2) is 36.9 Å². The second-order valence-electron chi connectivity index (χ2n) is 4.83. The number of halogens is 2. The number of hydrogen-bond acceptors (Lipinski definition) is 5. The number of nitro benzene ring substituents is 1. The second kappa shape index (κ2) is 9.86. The zero-order chi connectivity index (χ0) is 16.1. The monoisotopic (exact) mass is 375 g/mol. The molecule has 1 atom stereocenters. The highest BCUT2D eigenvalue weighted by Crippen LogP contribution is 2.24. The Labute approximate surface area is 151 Å². The SMILES string of the molecule is CNC(C)CNC(=O)c1ccc(-n2ccnc2)c([N+](=O)[O-])c1.Cl.Cl. The minimum Gasteiger partial charge on any atom is -0.350 e. The molecule has 0 aliphatic rings. The number of imidazole rings is 1. The van der Waals surface area contributed by atoms with Gasteiger partial charge in [0, 0.05) is 36.6 Å². The van der Waals surface area contributed by atoms with Crippen molar-refractivity contribution in [2.24, 2.45) is 0 Å². The van der Waals surface area contributed by atoms with Gasteiger partial charge in [-0.3, -0.25) is 14.9 Å². The van der Waals surface area contributed by atoms with Gasteiger partial charge in [0.15, 0.2) is 0 Å². The van der Waals surface area contributed by atoms with Crippen molar-refractivity contribution >= 4 is 36.4 Å². The number of rotatable bonds is 6. The molecule has 0 spiro atoms. The van der Waals surface area contributed by atoms with E-state index < -0.39 is 4.92 Å². The highest BCUT2D eigenvalue weighted by molar-refractivity contribution is 5.95. The number of benzene rings is 1. The number of nitro groups is 1. The lowest BCUT2D eigenvalue weighted by Crippen LogP contribution is -2.37. The summed E-state index contributed by atoms with van der Waals surface area (Å²) >= 11 is 0. The van der Waals surface area contributed by atoms with Crippen molar-refractivity contribution in [3.63, 3.8) is 0 Å². The topological polar surface area (TPSA) is 102 Å². The zero-order valence-corrected chi connectivity index (χ0v) is 14.8. The third kappa shape index (κ3) is 5.19. The van der Waals surface area contributed by atoms with E-state index in [1.165, 1.54) is 29.2 Å². The first-order valence-electron chi connectivity index (χ1n) is 6.75. The quantitative estimate of drug-likeness (QED) is 0.593. The number of nitrogens with one attached hydrogen (secondary N) is 2. The van der Waals surface area contributed by atoms with Crippen molar-refractivity contribution in [1.82, 2.24) is 20.2 Å². The fraction of sp³-hybridized carbons (Fsp3) is 0.286. The molecule has 2 N–H and O–H groups in total. The van der Waals surface area contributed by atoms with Crippen LogP contribution >= 0.6 is 24.8 Å². The Morgan fingerprint density at radius 3 is 2.67 bits per heavy atom. The molecule has 0 bridgehead atoms. The Kier molecular flexibility index (Phi) is 8.97.